The van der Waals surface area contributed by atoms with Gasteiger partial charge in [0.25, 0.3) is 0 Å². The summed E-state index contributed by atoms with van der Waals surface area (Å²) in [6.45, 7) is 5.34. The Hall–Kier alpha value is -2.57. The van der Waals surface area contributed by atoms with Crippen LogP contribution in [-0.4, -0.2) is 42.4 Å². The van der Waals surface area contributed by atoms with Crippen LogP contribution in [0.25, 0.3) is 0 Å². The Labute approximate surface area is 178 Å². The molecule has 1 aliphatic heterocycles. The van der Waals surface area contributed by atoms with Crippen molar-refractivity contribution in [1.82, 2.24) is 4.90 Å². The molecule has 0 spiro atoms. The Kier molecular flexibility index (Phi) is 7.71. The van der Waals surface area contributed by atoms with Crippen LogP contribution in [-0.2, 0) is 14.4 Å². The lowest BCUT2D eigenvalue weighted by atomic mass is 9.81. The molecule has 2 fully saturated rings. The number of carbonyl (C=O) groups is 3. The molecule has 7 nitrogen and oxygen atoms in total. The number of hydrogen-bond acceptors (Lipinski definition) is 5. The zero-order valence-electron chi connectivity index (χ0n) is 17.9. The Morgan fingerprint density at radius 1 is 1.00 bits per heavy atom. The Morgan fingerprint density at radius 3 is 2.20 bits per heavy atom. The molecule has 1 N–H and O–H groups in total. The van der Waals surface area contributed by atoms with Gasteiger partial charge in [0.15, 0.2) is 11.5 Å². The summed E-state index contributed by atoms with van der Waals surface area (Å²) < 4.78 is 11.5. The molecule has 0 unspecified atom stereocenters. The highest BCUT2D eigenvalue weighted by Crippen LogP contribution is 2.38. The van der Waals surface area contributed by atoms with Gasteiger partial charge in [-0.15, -0.1) is 0 Å². The molecule has 2 aliphatic rings. The Balaban J connectivity index is 1.57. The van der Waals surface area contributed by atoms with Crippen LogP contribution in [0.1, 0.15) is 58.8 Å². The van der Waals surface area contributed by atoms with E-state index in [-0.39, 0.29) is 42.5 Å². The molecular weight excluding hydrogens is 384 g/mol. The van der Waals surface area contributed by atoms with Gasteiger partial charge in [0.05, 0.1) is 25.0 Å². The average molecular weight is 417 g/mol. The molecule has 30 heavy (non-hydrogen) atoms. The smallest absolute Gasteiger partial charge is 0.233 e. The van der Waals surface area contributed by atoms with Gasteiger partial charge in [-0.25, -0.2) is 0 Å². The number of benzene rings is 1. The zero-order chi connectivity index (χ0) is 21.5. The standard InChI is InChI=1S/C23H32N2O5/c1-3-13-29-19-10-9-16(15-20(19)30-14-4-2)24-21(26)11-12-25-22(27)17-7-5-6-8-18(17)23(25)28/h9-10,15,17-18H,3-8,11-14H2,1-2H3,(H,24,26)/t17-,18-/m0/s1. The van der Waals surface area contributed by atoms with Gasteiger partial charge in [-0.2, -0.15) is 0 Å². The van der Waals surface area contributed by atoms with E-state index in [2.05, 4.69) is 5.32 Å². The van der Waals surface area contributed by atoms with Crippen molar-refractivity contribution in [3.05, 3.63) is 18.2 Å². The Morgan fingerprint density at radius 2 is 1.60 bits per heavy atom. The van der Waals surface area contributed by atoms with Crippen molar-refractivity contribution in [2.24, 2.45) is 11.8 Å². The second-order valence-electron chi connectivity index (χ2n) is 7.98. The lowest BCUT2D eigenvalue weighted by molar-refractivity contribution is -0.140. The number of nitrogens with one attached hydrogen (secondary N) is 1. The highest BCUT2D eigenvalue weighted by molar-refractivity contribution is 6.05. The van der Waals surface area contributed by atoms with Crippen molar-refractivity contribution < 1.29 is 23.9 Å². The van der Waals surface area contributed by atoms with E-state index < -0.39 is 0 Å². The average Bonchev–Trinajstić information content (AvgIpc) is 3.00. The topological polar surface area (TPSA) is 84.9 Å². The molecule has 0 aromatic heterocycles. The monoisotopic (exact) mass is 416 g/mol. The number of nitrogens with zero attached hydrogens (tertiary/aromatic N) is 1. The fourth-order valence-corrected chi connectivity index (χ4v) is 4.13. The van der Waals surface area contributed by atoms with Gasteiger partial charge in [0.1, 0.15) is 0 Å². The summed E-state index contributed by atoms with van der Waals surface area (Å²) in [6.07, 6.45) is 5.39. The number of ether oxygens (including phenoxy) is 2. The highest BCUT2D eigenvalue weighted by Gasteiger charge is 2.47. The molecule has 1 saturated heterocycles. The summed E-state index contributed by atoms with van der Waals surface area (Å²) in [5, 5.41) is 2.83. The first-order valence-corrected chi connectivity index (χ1v) is 11.1. The molecule has 1 heterocycles. The van der Waals surface area contributed by atoms with Gasteiger partial charge in [-0.3, -0.25) is 19.3 Å². The van der Waals surface area contributed by atoms with Crippen LogP contribution in [0.5, 0.6) is 11.5 Å². The molecule has 2 atom stereocenters. The van der Waals surface area contributed by atoms with Crippen molar-refractivity contribution in [3.63, 3.8) is 0 Å². The molecule has 3 amide bonds. The van der Waals surface area contributed by atoms with E-state index in [1.807, 2.05) is 13.8 Å². The predicted octanol–water partition coefficient (Wildman–Crippen LogP) is 3.77. The van der Waals surface area contributed by atoms with E-state index in [1.54, 1.807) is 18.2 Å². The summed E-state index contributed by atoms with van der Waals surface area (Å²) >= 11 is 0. The summed E-state index contributed by atoms with van der Waals surface area (Å²) in [6, 6.07) is 5.30. The quantitative estimate of drug-likeness (QED) is 0.587. The molecule has 7 heteroatoms. The third-order valence-corrected chi connectivity index (χ3v) is 5.65. The minimum Gasteiger partial charge on any atom is -0.490 e. The van der Waals surface area contributed by atoms with Crippen LogP contribution < -0.4 is 14.8 Å². The van der Waals surface area contributed by atoms with E-state index in [0.29, 0.717) is 30.4 Å². The number of rotatable bonds is 10. The molecule has 0 radical (unpaired) electrons. The normalized spacial score (nSPS) is 20.8. The minimum atomic E-state index is -0.242. The number of carbonyl (C=O) groups excluding carboxylic acids is 3. The van der Waals surface area contributed by atoms with Crippen LogP contribution in [0.2, 0.25) is 0 Å². The number of imide groups is 1. The maximum atomic E-state index is 12.5. The highest BCUT2D eigenvalue weighted by atomic mass is 16.5. The van der Waals surface area contributed by atoms with Crippen molar-refractivity contribution in [1.29, 1.82) is 0 Å². The van der Waals surface area contributed by atoms with Crippen molar-refractivity contribution in [2.75, 3.05) is 25.1 Å². The van der Waals surface area contributed by atoms with E-state index in [0.717, 1.165) is 38.5 Å². The largest absolute Gasteiger partial charge is 0.490 e. The molecule has 164 valence electrons. The SMILES string of the molecule is CCCOc1ccc(NC(=O)CCN2C(=O)[C@H]3CCCC[C@@H]3C2=O)cc1OCCC. The number of fused-ring (bicyclic) bond motifs is 1. The van der Waals surface area contributed by atoms with Gasteiger partial charge in [-0.05, 0) is 37.8 Å². The minimum absolute atomic E-state index is 0.0795. The second-order valence-corrected chi connectivity index (χ2v) is 7.98. The molecule has 3 rings (SSSR count). The van der Waals surface area contributed by atoms with E-state index in [4.69, 9.17) is 9.47 Å². The predicted molar refractivity (Wildman–Crippen MR) is 113 cm³/mol. The summed E-state index contributed by atoms with van der Waals surface area (Å²) in [5.74, 6) is 0.437. The lowest BCUT2D eigenvalue weighted by Crippen LogP contribution is -2.34. The lowest BCUT2D eigenvalue weighted by Gasteiger charge is -2.19. The third-order valence-electron chi connectivity index (χ3n) is 5.65. The number of anilines is 1. The number of amides is 3. The van der Waals surface area contributed by atoms with Crippen LogP contribution >= 0.6 is 0 Å². The van der Waals surface area contributed by atoms with Crippen molar-refractivity contribution in [3.8, 4) is 11.5 Å². The maximum Gasteiger partial charge on any atom is 0.233 e. The van der Waals surface area contributed by atoms with E-state index >= 15 is 0 Å². The second kappa shape index (κ2) is 10.5. The van der Waals surface area contributed by atoms with Crippen molar-refractivity contribution >= 4 is 23.4 Å². The van der Waals surface area contributed by atoms with E-state index in [9.17, 15) is 14.4 Å². The van der Waals surface area contributed by atoms with Gasteiger partial charge >= 0.3 is 0 Å². The fourth-order valence-electron chi connectivity index (χ4n) is 4.13. The number of hydrogen-bond donors (Lipinski definition) is 1. The zero-order valence-corrected chi connectivity index (χ0v) is 17.9. The Bertz CT molecular complexity index is 755. The van der Waals surface area contributed by atoms with Crippen LogP contribution in [0, 0.1) is 11.8 Å². The van der Waals surface area contributed by atoms with Gasteiger partial charge < -0.3 is 14.8 Å². The van der Waals surface area contributed by atoms with Gasteiger partial charge in [0.2, 0.25) is 17.7 Å². The van der Waals surface area contributed by atoms with E-state index in [1.165, 1.54) is 4.90 Å². The number of likely N-dealkylation sites (tertiary alicyclic amines) is 1. The van der Waals surface area contributed by atoms with Crippen LogP contribution in [0.15, 0.2) is 18.2 Å². The van der Waals surface area contributed by atoms with Gasteiger partial charge in [-0.1, -0.05) is 26.7 Å². The third kappa shape index (κ3) is 5.12. The molecule has 1 aromatic carbocycles. The first kappa shape index (κ1) is 22.1. The molecule has 1 aromatic rings. The first-order valence-electron chi connectivity index (χ1n) is 11.1. The molecule has 0 bridgehead atoms. The summed E-state index contributed by atoms with van der Waals surface area (Å²) in [4.78, 5) is 38.8. The van der Waals surface area contributed by atoms with Crippen molar-refractivity contribution in [2.45, 2.75) is 58.8 Å². The fraction of sp³-hybridized carbons (Fsp3) is 0.609. The maximum absolute atomic E-state index is 12.5. The first-order chi connectivity index (χ1) is 14.5. The molecule has 1 aliphatic carbocycles. The summed E-state index contributed by atoms with van der Waals surface area (Å²) in [5.41, 5.74) is 0.600. The molecular formula is C23H32N2O5. The van der Waals surface area contributed by atoms with Crippen LogP contribution in [0.4, 0.5) is 5.69 Å². The molecule has 1 saturated carbocycles. The summed E-state index contributed by atoms with van der Waals surface area (Å²) in [7, 11) is 0. The van der Waals surface area contributed by atoms with Gasteiger partial charge in [0, 0.05) is 24.7 Å². The van der Waals surface area contributed by atoms with Crippen LogP contribution in [0.3, 0.4) is 0 Å².